The van der Waals surface area contributed by atoms with E-state index in [1.807, 2.05) is 0 Å². The standard InChI is InChI=1S/C32H54N2O4/c1-33(2,31-25-13-21-11-22(15-25)16-26(31)14-21)7-9-37-29(35)5-6-30(36)38-10-8-34(3,4)32-27-17-23-12-24(19-27)20-28(32)18-23/h21-28,31-32H,5-20H2,1-4H3/q+2. The lowest BCUT2D eigenvalue weighted by Crippen LogP contribution is -2.63. The van der Waals surface area contributed by atoms with Crippen LogP contribution in [0.1, 0.15) is 77.0 Å². The van der Waals surface area contributed by atoms with Crippen LogP contribution in [-0.2, 0) is 19.1 Å². The Labute approximate surface area is 231 Å². The Bertz CT molecular complexity index is 770. The van der Waals surface area contributed by atoms with E-state index >= 15 is 0 Å². The zero-order valence-electron chi connectivity index (χ0n) is 24.6. The third-order valence-corrected chi connectivity index (χ3v) is 12.4. The van der Waals surface area contributed by atoms with Gasteiger partial charge in [0.25, 0.3) is 0 Å². The summed E-state index contributed by atoms with van der Waals surface area (Å²) in [6.07, 6.45) is 14.5. The average molecular weight is 531 g/mol. The van der Waals surface area contributed by atoms with Gasteiger partial charge in [0, 0.05) is 23.7 Å². The van der Waals surface area contributed by atoms with Crippen molar-refractivity contribution in [1.82, 2.24) is 0 Å². The first kappa shape index (κ1) is 27.1. The molecule has 0 spiro atoms. The van der Waals surface area contributed by atoms with Crippen molar-refractivity contribution in [1.29, 1.82) is 0 Å². The Morgan fingerprint density at radius 1 is 0.526 bits per heavy atom. The molecule has 0 N–H and O–H groups in total. The first-order chi connectivity index (χ1) is 18.1. The van der Waals surface area contributed by atoms with E-state index in [1.165, 1.54) is 64.2 Å². The normalized spacial score (nSPS) is 40.9. The van der Waals surface area contributed by atoms with Gasteiger partial charge >= 0.3 is 11.9 Å². The molecule has 0 aliphatic heterocycles. The highest BCUT2D eigenvalue weighted by Gasteiger charge is 2.55. The third kappa shape index (κ3) is 5.42. The SMILES string of the molecule is C[N+](C)(CCOC(=O)CCC(=O)OCC[N+](C)(C)C1C2CC3CC(C2)CC1C3)C1C2CC3CC(C2)CC1C3. The van der Waals surface area contributed by atoms with Crippen molar-refractivity contribution in [2.45, 2.75) is 89.1 Å². The maximum absolute atomic E-state index is 12.4. The van der Waals surface area contributed by atoms with Crippen LogP contribution in [0.5, 0.6) is 0 Å². The molecule has 0 aromatic rings. The Balaban J connectivity index is 0.877. The van der Waals surface area contributed by atoms with Gasteiger partial charge in [-0.2, -0.15) is 0 Å². The fourth-order valence-corrected chi connectivity index (χ4v) is 11.5. The number of hydrogen-bond donors (Lipinski definition) is 0. The predicted octanol–water partition coefficient (Wildman–Crippen LogP) is 4.66. The van der Waals surface area contributed by atoms with Gasteiger partial charge in [0.1, 0.15) is 26.3 Å². The number of rotatable bonds is 11. The minimum Gasteiger partial charge on any atom is -0.460 e. The van der Waals surface area contributed by atoms with Gasteiger partial charge in [-0.15, -0.1) is 0 Å². The summed E-state index contributed by atoms with van der Waals surface area (Å²) in [4.78, 5) is 24.8. The van der Waals surface area contributed by atoms with E-state index in [4.69, 9.17) is 9.47 Å². The number of ether oxygens (including phenoxy) is 2. The molecule has 0 radical (unpaired) electrons. The predicted molar refractivity (Wildman–Crippen MR) is 147 cm³/mol. The van der Waals surface area contributed by atoms with Crippen molar-refractivity contribution < 1.29 is 28.0 Å². The molecule has 8 fully saturated rings. The van der Waals surface area contributed by atoms with Crippen LogP contribution in [-0.4, -0.2) is 87.5 Å². The molecular weight excluding hydrogens is 476 g/mol. The molecule has 8 saturated carbocycles. The van der Waals surface area contributed by atoms with E-state index in [9.17, 15) is 9.59 Å². The highest BCUT2D eigenvalue weighted by atomic mass is 16.5. The van der Waals surface area contributed by atoms with Crippen LogP contribution in [0.25, 0.3) is 0 Å². The van der Waals surface area contributed by atoms with Crippen molar-refractivity contribution in [2.24, 2.45) is 47.3 Å². The lowest BCUT2D eigenvalue weighted by molar-refractivity contribution is -0.925. The van der Waals surface area contributed by atoms with Gasteiger partial charge in [-0.05, 0) is 87.9 Å². The topological polar surface area (TPSA) is 52.6 Å². The summed E-state index contributed by atoms with van der Waals surface area (Å²) in [5.74, 6) is 6.83. The molecule has 6 nitrogen and oxygen atoms in total. The number of likely N-dealkylation sites (N-methyl/N-ethyl adjacent to an activating group) is 2. The van der Waals surface area contributed by atoms with E-state index < -0.39 is 0 Å². The summed E-state index contributed by atoms with van der Waals surface area (Å²) in [6.45, 7) is 2.61. The maximum Gasteiger partial charge on any atom is 0.306 e. The number of carbonyl (C=O) groups is 2. The molecule has 0 aromatic carbocycles. The molecule has 0 heterocycles. The van der Waals surface area contributed by atoms with Crippen molar-refractivity contribution in [3.8, 4) is 0 Å². The lowest BCUT2D eigenvalue weighted by Gasteiger charge is -2.58. The molecular formula is C32H54N2O4+2. The van der Waals surface area contributed by atoms with E-state index in [0.717, 1.165) is 81.5 Å². The van der Waals surface area contributed by atoms with Crippen molar-refractivity contribution >= 4 is 11.9 Å². The zero-order chi connectivity index (χ0) is 26.7. The minimum absolute atomic E-state index is 0.123. The molecule has 8 rings (SSSR count). The molecule has 214 valence electrons. The summed E-state index contributed by atoms with van der Waals surface area (Å²) in [6, 6.07) is 1.44. The molecule has 8 aliphatic carbocycles. The molecule has 38 heavy (non-hydrogen) atoms. The minimum atomic E-state index is -0.267. The lowest BCUT2D eigenvalue weighted by atomic mass is 9.53. The molecule has 8 bridgehead atoms. The van der Waals surface area contributed by atoms with E-state index in [2.05, 4.69) is 28.2 Å². The molecule has 8 aliphatic rings. The van der Waals surface area contributed by atoms with Crippen molar-refractivity contribution in [3.63, 3.8) is 0 Å². The van der Waals surface area contributed by atoms with Crippen LogP contribution in [0.15, 0.2) is 0 Å². The largest absolute Gasteiger partial charge is 0.460 e. The van der Waals surface area contributed by atoms with Crippen LogP contribution in [0, 0.1) is 47.3 Å². The van der Waals surface area contributed by atoms with Crippen molar-refractivity contribution in [2.75, 3.05) is 54.5 Å². The molecule has 0 unspecified atom stereocenters. The highest BCUT2D eigenvalue weighted by Crippen LogP contribution is 2.57. The fraction of sp³-hybridized carbons (Fsp3) is 0.938. The molecule has 0 atom stereocenters. The van der Waals surface area contributed by atoms with Crippen LogP contribution in [0.4, 0.5) is 0 Å². The second-order valence-electron chi connectivity index (χ2n) is 15.8. The monoisotopic (exact) mass is 530 g/mol. The van der Waals surface area contributed by atoms with Crippen LogP contribution in [0.3, 0.4) is 0 Å². The van der Waals surface area contributed by atoms with E-state index in [1.54, 1.807) is 0 Å². The van der Waals surface area contributed by atoms with Gasteiger partial charge in [0.15, 0.2) is 0 Å². The summed E-state index contributed by atoms with van der Waals surface area (Å²) in [7, 11) is 9.34. The molecule has 0 saturated heterocycles. The number of carbonyl (C=O) groups excluding carboxylic acids is 2. The second kappa shape index (κ2) is 10.4. The van der Waals surface area contributed by atoms with Crippen LogP contribution < -0.4 is 0 Å². The highest BCUT2D eigenvalue weighted by molar-refractivity contribution is 5.77. The molecule has 6 heteroatoms. The Morgan fingerprint density at radius 3 is 1.11 bits per heavy atom. The number of esters is 2. The third-order valence-electron chi connectivity index (χ3n) is 12.4. The molecule has 0 amide bonds. The zero-order valence-corrected chi connectivity index (χ0v) is 24.6. The molecule has 0 aromatic heterocycles. The van der Waals surface area contributed by atoms with Gasteiger partial charge in [0.2, 0.25) is 0 Å². The maximum atomic E-state index is 12.4. The van der Waals surface area contributed by atoms with Gasteiger partial charge < -0.3 is 18.4 Å². The Morgan fingerprint density at radius 2 is 0.816 bits per heavy atom. The van der Waals surface area contributed by atoms with Gasteiger partial charge in [0.05, 0.1) is 53.1 Å². The van der Waals surface area contributed by atoms with Gasteiger partial charge in [-0.25, -0.2) is 0 Å². The second-order valence-corrected chi connectivity index (χ2v) is 15.8. The summed E-state index contributed by atoms with van der Waals surface area (Å²) >= 11 is 0. The smallest absolute Gasteiger partial charge is 0.306 e. The first-order valence-electron chi connectivity index (χ1n) is 16.0. The van der Waals surface area contributed by atoms with Gasteiger partial charge in [-0.3, -0.25) is 9.59 Å². The van der Waals surface area contributed by atoms with E-state index in [-0.39, 0.29) is 24.8 Å². The van der Waals surface area contributed by atoms with Crippen molar-refractivity contribution in [3.05, 3.63) is 0 Å². The average Bonchev–Trinajstić information content (AvgIpc) is 2.81. The summed E-state index contributed by atoms with van der Waals surface area (Å²) in [5.41, 5.74) is 0. The quantitative estimate of drug-likeness (QED) is 0.288. The fourth-order valence-electron chi connectivity index (χ4n) is 11.5. The summed E-state index contributed by atoms with van der Waals surface area (Å²) in [5, 5.41) is 0. The van der Waals surface area contributed by atoms with Crippen LogP contribution >= 0.6 is 0 Å². The Hall–Kier alpha value is -1.14. The van der Waals surface area contributed by atoms with Gasteiger partial charge in [-0.1, -0.05) is 0 Å². The van der Waals surface area contributed by atoms with E-state index in [0.29, 0.717) is 13.2 Å². The number of hydrogen-bond acceptors (Lipinski definition) is 4. The first-order valence-corrected chi connectivity index (χ1v) is 16.0. The Kier molecular flexibility index (Phi) is 7.37. The number of nitrogens with zero attached hydrogens (tertiary/aromatic N) is 2. The number of quaternary nitrogens is 2. The van der Waals surface area contributed by atoms with Crippen LogP contribution in [0.2, 0.25) is 0 Å². The summed E-state index contributed by atoms with van der Waals surface area (Å²) < 4.78 is 13.1.